The molecule has 0 saturated heterocycles. The molecule has 1 aromatic rings. The molecule has 6 nitrogen and oxygen atoms in total. The molecule has 0 bridgehead atoms. The summed E-state index contributed by atoms with van der Waals surface area (Å²) in [6.45, 7) is -0.0705. The second-order valence-electron chi connectivity index (χ2n) is 3.12. The molecule has 15 heavy (non-hydrogen) atoms. The lowest BCUT2D eigenvalue weighted by atomic mass is 10.0. The van der Waals surface area contributed by atoms with Crippen molar-refractivity contribution in [3.63, 3.8) is 0 Å². The summed E-state index contributed by atoms with van der Waals surface area (Å²) in [6, 6.07) is 3.49. The first kappa shape index (κ1) is 11.4. The number of hydrogen-bond acceptors (Lipinski definition) is 5. The average molecular weight is 212 g/mol. The molecule has 82 valence electrons. The molecular weight excluding hydrogens is 200 g/mol. The first-order valence-electron chi connectivity index (χ1n) is 4.40. The number of nitrogens with zero attached hydrogens (tertiary/aromatic N) is 1. The van der Waals surface area contributed by atoms with E-state index in [1.807, 2.05) is 0 Å². The van der Waals surface area contributed by atoms with Crippen molar-refractivity contribution in [3.05, 3.63) is 33.9 Å². The maximum atomic E-state index is 10.4. The SMILES string of the molecule is NC(CCO)c1ccc([N+](=O)[O-])c(O)c1. The molecule has 0 heterocycles. The topological polar surface area (TPSA) is 110 Å². The molecule has 0 amide bonds. The molecule has 0 aliphatic heterocycles. The highest BCUT2D eigenvalue weighted by Crippen LogP contribution is 2.28. The third-order valence-corrected chi connectivity index (χ3v) is 2.06. The molecule has 0 radical (unpaired) electrons. The third kappa shape index (κ3) is 2.64. The van der Waals surface area contributed by atoms with Crippen LogP contribution >= 0.6 is 0 Å². The third-order valence-electron chi connectivity index (χ3n) is 2.06. The van der Waals surface area contributed by atoms with Crippen LogP contribution < -0.4 is 5.73 Å². The zero-order valence-electron chi connectivity index (χ0n) is 7.96. The van der Waals surface area contributed by atoms with Gasteiger partial charge in [0.2, 0.25) is 0 Å². The number of aromatic hydroxyl groups is 1. The zero-order valence-corrected chi connectivity index (χ0v) is 7.96. The first-order chi connectivity index (χ1) is 7.06. The standard InChI is InChI=1S/C9H12N2O4/c10-7(3-4-12)6-1-2-8(11(14)15)9(13)5-6/h1-2,5,7,12-13H,3-4,10H2. The minimum Gasteiger partial charge on any atom is -0.502 e. The number of nitrogens with two attached hydrogens (primary N) is 1. The molecule has 1 rings (SSSR count). The fourth-order valence-electron chi connectivity index (χ4n) is 1.23. The molecule has 1 atom stereocenters. The van der Waals surface area contributed by atoms with Crippen LogP contribution in [-0.2, 0) is 0 Å². The van der Waals surface area contributed by atoms with Gasteiger partial charge in [-0.3, -0.25) is 10.1 Å². The quantitative estimate of drug-likeness (QED) is 0.502. The van der Waals surface area contributed by atoms with Gasteiger partial charge >= 0.3 is 5.69 Å². The Labute approximate surface area is 86.1 Å². The lowest BCUT2D eigenvalue weighted by molar-refractivity contribution is -0.385. The Hall–Kier alpha value is -1.66. The van der Waals surface area contributed by atoms with Crippen molar-refractivity contribution < 1.29 is 15.1 Å². The van der Waals surface area contributed by atoms with Crippen LogP contribution in [0.2, 0.25) is 0 Å². The van der Waals surface area contributed by atoms with Crippen LogP contribution in [0.3, 0.4) is 0 Å². The average Bonchev–Trinajstić information content (AvgIpc) is 2.17. The predicted molar refractivity (Wildman–Crippen MR) is 53.4 cm³/mol. The fraction of sp³-hybridized carbons (Fsp3) is 0.333. The van der Waals surface area contributed by atoms with Crippen LogP contribution in [0.1, 0.15) is 18.0 Å². The Morgan fingerprint density at radius 3 is 2.67 bits per heavy atom. The minimum atomic E-state index is -0.670. The number of nitro benzene ring substituents is 1. The van der Waals surface area contributed by atoms with Crippen molar-refractivity contribution in [3.8, 4) is 5.75 Å². The van der Waals surface area contributed by atoms with Crippen molar-refractivity contribution in [2.24, 2.45) is 5.73 Å². The van der Waals surface area contributed by atoms with Crippen molar-refractivity contribution in [2.45, 2.75) is 12.5 Å². The van der Waals surface area contributed by atoms with Gasteiger partial charge in [-0.05, 0) is 18.1 Å². The molecule has 0 saturated carbocycles. The van der Waals surface area contributed by atoms with Gasteiger partial charge in [0.05, 0.1) is 4.92 Å². The molecule has 0 fully saturated rings. The lowest BCUT2D eigenvalue weighted by Crippen LogP contribution is -2.11. The van der Waals surface area contributed by atoms with Crippen LogP contribution in [0.5, 0.6) is 5.75 Å². The Kier molecular flexibility index (Phi) is 3.59. The van der Waals surface area contributed by atoms with E-state index in [1.165, 1.54) is 18.2 Å². The van der Waals surface area contributed by atoms with Crippen molar-refractivity contribution in [1.29, 1.82) is 0 Å². The predicted octanol–water partition coefficient (Wildman–Crippen LogP) is 0.683. The van der Waals surface area contributed by atoms with E-state index in [0.717, 1.165) is 0 Å². The van der Waals surface area contributed by atoms with E-state index in [-0.39, 0.29) is 12.3 Å². The number of hydrogen-bond donors (Lipinski definition) is 3. The summed E-state index contributed by atoms with van der Waals surface area (Å²) in [5.41, 5.74) is 5.87. The van der Waals surface area contributed by atoms with E-state index in [1.54, 1.807) is 0 Å². The van der Waals surface area contributed by atoms with E-state index in [0.29, 0.717) is 12.0 Å². The second-order valence-corrected chi connectivity index (χ2v) is 3.12. The number of benzene rings is 1. The van der Waals surface area contributed by atoms with Gasteiger partial charge in [0.25, 0.3) is 0 Å². The number of nitro groups is 1. The molecule has 0 aromatic heterocycles. The Balaban J connectivity index is 2.96. The summed E-state index contributed by atoms with van der Waals surface area (Å²) in [5.74, 6) is -0.411. The molecule has 1 unspecified atom stereocenters. The largest absolute Gasteiger partial charge is 0.502 e. The summed E-state index contributed by atoms with van der Waals surface area (Å²) < 4.78 is 0. The van der Waals surface area contributed by atoms with Gasteiger partial charge in [0, 0.05) is 18.7 Å². The van der Waals surface area contributed by atoms with E-state index in [9.17, 15) is 15.2 Å². The van der Waals surface area contributed by atoms with E-state index >= 15 is 0 Å². The summed E-state index contributed by atoms with van der Waals surface area (Å²) in [5, 5.41) is 28.4. The van der Waals surface area contributed by atoms with Gasteiger partial charge < -0.3 is 15.9 Å². The minimum absolute atomic E-state index is 0.0705. The number of phenolic OH excluding ortho intramolecular Hbond substituents is 1. The lowest BCUT2D eigenvalue weighted by Gasteiger charge is -2.10. The smallest absolute Gasteiger partial charge is 0.310 e. The second kappa shape index (κ2) is 4.72. The van der Waals surface area contributed by atoms with Crippen molar-refractivity contribution in [1.82, 2.24) is 0 Å². The maximum absolute atomic E-state index is 10.4. The Bertz CT molecular complexity index is 367. The van der Waals surface area contributed by atoms with Gasteiger partial charge in [0.1, 0.15) is 0 Å². The van der Waals surface area contributed by atoms with Gasteiger partial charge in [0.15, 0.2) is 5.75 Å². The monoisotopic (exact) mass is 212 g/mol. The molecule has 6 heteroatoms. The summed E-state index contributed by atoms with van der Waals surface area (Å²) >= 11 is 0. The first-order valence-corrected chi connectivity index (χ1v) is 4.40. The highest BCUT2D eigenvalue weighted by molar-refractivity contribution is 5.47. The van der Waals surface area contributed by atoms with Crippen molar-refractivity contribution in [2.75, 3.05) is 6.61 Å². The molecule has 1 aromatic carbocycles. The van der Waals surface area contributed by atoms with Crippen LogP contribution in [0.4, 0.5) is 5.69 Å². The molecule has 0 spiro atoms. The number of aliphatic hydroxyl groups excluding tert-OH is 1. The highest BCUT2D eigenvalue weighted by atomic mass is 16.6. The van der Waals surface area contributed by atoms with Crippen molar-refractivity contribution >= 4 is 5.69 Å². The van der Waals surface area contributed by atoms with Crippen LogP contribution in [0.15, 0.2) is 18.2 Å². The summed E-state index contributed by atoms with van der Waals surface area (Å²) in [4.78, 5) is 9.73. The molecule has 0 aliphatic carbocycles. The number of phenols is 1. The molecule has 0 aliphatic rings. The highest BCUT2D eigenvalue weighted by Gasteiger charge is 2.15. The van der Waals surface area contributed by atoms with E-state index in [2.05, 4.69) is 0 Å². The summed E-state index contributed by atoms with van der Waals surface area (Å²) in [6.07, 6.45) is 0.344. The fourth-order valence-corrected chi connectivity index (χ4v) is 1.23. The Morgan fingerprint density at radius 1 is 1.53 bits per heavy atom. The summed E-state index contributed by atoms with van der Waals surface area (Å²) in [7, 11) is 0. The number of aliphatic hydroxyl groups is 1. The zero-order chi connectivity index (χ0) is 11.4. The molecule has 4 N–H and O–H groups in total. The van der Waals surface area contributed by atoms with E-state index < -0.39 is 16.7 Å². The normalized spacial score (nSPS) is 12.4. The number of rotatable bonds is 4. The van der Waals surface area contributed by atoms with Crippen LogP contribution in [0.25, 0.3) is 0 Å². The van der Waals surface area contributed by atoms with E-state index in [4.69, 9.17) is 10.8 Å². The van der Waals surface area contributed by atoms with Gasteiger partial charge in [-0.25, -0.2) is 0 Å². The van der Waals surface area contributed by atoms with Gasteiger partial charge in [-0.1, -0.05) is 6.07 Å². The van der Waals surface area contributed by atoms with Crippen LogP contribution in [0, 0.1) is 10.1 Å². The van der Waals surface area contributed by atoms with Gasteiger partial charge in [-0.15, -0.1) is 0 Å². The van der Waals surface area contributed by atoms with Gasteiger partial charge in [-0.2, -0.15) is 0 Å². The Morgan fingerprint density at radius 2 is 2.20 bits per heavy atom. The molecular formula is C9H12N2O4. The van der Waals surface area contributed by atoms with Crippen LogP contribution in [-0.4, -0.2) is 21.7 Å². The maximum Gasteiger partial charge on any atom is 0.310 e.